The van der Waals surface area contributed by atoms with Crippen LogP contribution in [0, 0.1) is 6.92 Å². The van der Waals surface area contributed by atoms with E-state index in [-0.39, 0.29) is 18.4 Å². The van der Waals surface area contributed by atoms with Gasteiger partial charge in [0.15, 0.2) is 0 Å². The van der Waals surface area contributed by atoms with Gasteiger partial charge in [0, 0.05) is 22.6 Å². The average Bonchev–Trinajstić information content (AvgIpc) is 3.40. The zero-order valence-electron chi connectivity index (χ0n) is 15.4. The Balaban J connectivity index is 1.50. The van der Waals surface area contributed by atoms with Crippen LogP contribution in [0.4, 0.5) is 5.82 Å². The summed E-state index contributed by atoms with van der Waals surface area (Å²) in [5.74, 6) is 2.42. The van der Waals surface area contributed by atoms with Gasteiger partial charge in [0.25, 0.3) is 5.91 Å². The number of fused-ring (bicyclic) bond motifs is 1. The van der Waals surface area contributed by atoms with Crippen LogP contribution in [0.15, 0.2) is 47.1 Å². The largest absolute Gasteiger partial charge is 0.467 e. The Labute approximate surface area is 166 Å². The molecule has 1 aliphatic heterocycles. The summed E-state index contributed by atoms with van der Waals surface area (Å²) in [6.07, 6.45) is 1.57. The van der Waals surface area contributed by atoms with Crippen LogP contribution >= 0.6 is 11.8 Å². The maximum atomic E-state index is 12.7. The normalized spacial score (nSPS) is 12.6. The summed E-state index contributed by atoms with van der Waals surface area (Å²) < 4.78 is 6.80. The summed E-state index contributed by atoms with van der Waals surface area (Å²) in [5, 5.41) is 10.3. The topological polar surface area (TPSA) is 89.2 Å². The van der Waals surface area contributed by atoms with E-state index in [1.54, 1.807) is 40.9 Å². The lowest BCUT2D eigenvalue weighted by Gasteiger charge is -2.11. The summed E-state index contributed by atoms with van der Waals surface area (Å²) >= 11 is 1.75. The molecule has 3 heterocycles. The fourth-order valence-corrected chi connectivity index (χ4v) is 4.11. The highest BCUT2D eigenvalue weighted by atomic mass is 32.2. The molecule has 8 heteroatoms. The van der Waals surface area contributed by atoms with Gasteiger partial charge in [-0.15, -0.1) is 0 Å². The molecular weight excluding hydrogens is 376 g/mol. The minimum absolute atomic E-state index is 0.0296. The zero-order valence-corrected chi connectivity index (χ0v) is 16.2. The SMILES string of the molecule is Cc1cccc(C(=O)Nc2c3c(nn2CC(=O)NCc2ccco2)CSC3)c1. The van der Waals surface area contributed by atoms with Gasteiger partial charge in [0.05, 0.1) is 18.5 Å². The number of nitrogens with one attached hydrogen (secondary N) is 2. The van der Waals surface area contributed by atoms with Gasteiger partial charge < -0.3 is 15.1 Å². The predicted octanol–water partition coefficient (Wildman–Crippen LogP) is 3.10. The van der Waals surface area contributed by atoms with Gasteiger partial charge in [-0.2, -0.15) is 16.9 Å². The van der Waals surface area contributed by atoms with Crippen molar-refractivity contribution in [1.82, 2.24) is 15.1 Å². The molecule has 3 aromatic rings. The quantitative estimate of drug-likeness (QED) is 0.668. The Morgan fingerprint density at radius 1 is 1.25 bits per heavy atom. The second-order valence-electron chi connectivity index (χ2n) is 6.60. The lowest BCUT2D eigenvalue weighted by Crippen LogP contribution is -2.28. The summed E-state index contributed by atoms with van der Waals surface area (Å²) in [7, 11) is 0. The van der Waals surface area contributed by atoms with Crippen LogP contribution in [-0.2, 0) is 29.4 Å². The molecule has 1 aromatic carbocycles. The smallest absolute Gasteiger partial charge is 0.256 e. The van der Waals surface area contributed by atoms with Gasteiger partial charge in [-0.05, 0) is 31.2 Å². The van der Waals surface area contributed by atoms with Crippen molar-refractivity contribution >= 4 is 29.4 Å². The second kappa shape index (κ2) is 7.93. The standard InChI is InChI=1S/C20H20N4O3S/c1-13-4-2-5-14(8-13)20(26)22-19-16-11-28-12-17(16)23-24(19)10-18(25)21-9-15-6-3-7-27-15/h2-8H,9-12H2,1H3,(H,21,25)(H,22,26). The number of amides is 2. The molecule has 2 aromatic heterocycles. The lowest BCUT2D eigenvalue weighted by molar-refractivity contribution is -0.122. The van der Waals surface area contributed by atoms with Crippen molar-refractivity contribution in [2.45, 2.75) is 31.5 Å². The molecule has 0 radical (unpaired) electrons. The molecule has 144 valence electrons. The van der Waals surface area contributed by atoms with Crippen molar-refractivity contribution in [3.8, 4) is 0 Å². The minimum atomic E-state index is -0.208. The molecule has 1 aliphatic rings. The third kappa shape index (κ3) is 3.96. The van der Waals surface area contributed by atoms with Gasteiger partial charge in [0.2, 0.25) is 5.91 Å². The number of benzene rings is 1. The number of carbonyl (C=O) groups is 2. The number of thioether (sulfide) groups is 1. The van der Waals surface area contributed by atoms with Gasteiger partial charge in [-0.25, -0.2) is 4.68 Å². The van der Waals surface area contributed by atoms with E-state index in [0.29, 0.717) is 23.7 Å². The number of aryl methyl sites for hydroxylation is 1. The van der Waals surface area contributed by atoms with Crippen LogP contribution in [0.2, 0.25) is 0 Å². The van der Waals surface area contributed by atoms with Gasteiger partial charge in [-0.3, -0.25) is 9.59 Å². The Morgan fingerprint density at radius 3 is 2.93 bits per heavy atom. The van der Waals surface area contributed by atoms with E-state index in [2.05, 4.69) is 15.7 Å². The Hall–Kier alpha value is -3.00. The first-order valence-corrected chi connectivity index (χ1v) is 10.1. The van der Waals surface area contributed by atoms with Crippen molar-refractivity contribution in [3.63, 3.8) is 0 Å². The van der Waals surface area contributed by atoms with Gasteiger partial charge in [0.1, 0.15) is 18.1 Å². The molecule has 4 rings (SSSR count). The first-order valence-electron chi connectivity index (χ1n) is 8.93. The molecule has 2 amide bonds. The lowest BCUT2D eigenvalue weighted by atomic mass is 10.1. The van der Waals surface area contributed by atoms with E-state index in [1.165, 1.54) is 0 Å². The average molecular weight is 396 g/mol. The number of furan rings is 1. The molecule has 0 aliphatic carbocycles. The maximum Gasteiger partial charge on any atom is 0.256 e. The molecular formula is C20H20N4O3S. The molecule has 28 heavy (non-hydrogen) atoms. The van der Waals surface area contributed by atoms with Crippen LogP contribution in [0.5, 0.6) is 0 Å². The number of carbonyl (C=O) groups excluding carboxylic acids is 2. The fraction of sp³-hybridized carbons (Fsp3) is 0.250. The van der Waals surface area contributed by atoms with E-state index in [0.717, 1.165) is 28.3 Å². The summed E-state index contributed by atoms with van der Waals surface area (Å²) in [6, 6.07) is 11.0. The monoisotopic (exact) mass is 396 g/mol. The van der Waals surface area contributed by atoms with E-state index >= 15 is 0 Å². The highest BCUT2D eigenvalue weighted by Crippen LogP contribution is 2.34. The van der Waals surface area contributed by atoms with Crippen LogP contribution in [-0.4, -0.2) is 21.6 Å². The van der Waals surface area contributed by atoms with Crippen molar-refractivity contribution in [2.75, 3.05) is 5.32 Å². The Kier molecular flexibility index (Phi) is 5.21. The number of hydrogen-bond acceptors (Lipinski definition) is 5. The highest BCUT2D eigenvalue weighted by molar-refractivity contribution is 7.98. The van der Waals surface area contributed by atoms with E-state index in [1.807, 2.05) is 25.1 Å². The Morgan fingerprint density at radius 2 is 2.14 bits per heavy atom. The van der Waals surface area contributed by atoms with E-state index in [9.17, 15) is 9.59 Å². The molecule has 0 saturated heterocycles. The molecule has 0 atom stereocenters. The Bertz CT molecular complexity index is 1010. The minimum Gasteiger partial charge on any atom is -0.467 e. The maximum absolute atomic E-state index is 12.7. The van der Waals surface area contributed by atoms with Crippen LogP contribution in [0.25, 0.3) is 0 Å². The van der Waals surface area contributed by atoms with Crippen molar-refractivity contribution < 1.29 is 14.0 Å². The zero-order chi connectivity index (χ0) is 19.5. The number of nitrogens with zero attached hydrogens (tertiary/aromatic N) is 2. The summed E-state index contributed by atoms with van der Waals surface area (Å²) in [5.41, 5.74) is 3.50. The number of rotatable bonds is 6. The predicted molar refractivity (Wildman–Crippen MR) is 107 cm³/mol. The van der Waals surface area contributed by atoms with Crippen molar-refractivity contribution in [2.24, 2.45) is 0 Å². The van der Waals surface area contributed by atoms with E-state index < -0.39 is 0 Å². The van der Waals surface area contributed by atoms with Crippen molar-refractivity contribution in [3.05, 3.63) is 70.8 Å². The molecule has 7 nitrogen and oxygen atoms in total. The van der Waals surface area contributed by atoms with Crippen LogP contribution in [0.3, 0.4) is 0 Å². The fourth-order valence-electron chi connectivity index (χ4n) is 3.08. The second-order valence-corrected chi connectivity index (χ2v) is 7.59. The number of hydrogen-bond donors (Lipinski definition) is 2. The third-order valence-electron chi connectivity index (χ3n) is 4.46. The molecule has 0 unspecified atom stereocenters. The molecule has 0 spiro atoms. The first-order chi connectivity index (χ1) is 13.6. The van der Waals surface area contributed by atoms with E-state index in [4.69, 9.17) is 4.42 Å². The third-order valence-corrected chi connectivity index (χ3v) is 5.43. The summed E-state index contributed by atoms with van der Waals surface area (Å²) in [4.78, 5) is 25.1. The van der Waals surface area contributed by atoms with Crippen molar-refractivity contribution in [1.29, 1.82) is 0 Å². The van der Waals surface area contributed by atoms with Gasteiger partial charge in [-0.1, -0.05) is 17.7 Å². The molecule has 0 bridgehead atoms. The highest BCUT2D eigenvalue weighted by Gasteiger charge is 2.25. The van der Waals surface area contributed by atoms with Crippen LogP contribution in [0.1, 0.15) is 32.9 Å². The summed E-state index contributed by atoms with van der Waals surface area (Å²) in [6.45, 7) is 2.29. The first kappa shape index (κ1) is 18.4. The molecule has 0 fully saturated rings. The molecule has 0 saturated carbocycles. The number of anilines is 1. The molecule has 2 N–H and O–H groups in total. The van der Waals surface area contributed by atoms with Gasteiger partial charge >= 0.3 is 0 Å². The number of aromatic nitrogens is 2. The van der Waals surface area contributed by atoms with Crippen LogP contribution < -0.4 is 10.6 Å².